The number of esters is 3. The van der Waals surface area contributed by atoms with E-state index in [-0.39, 0.29) is 17.9 Å². The molecule has 4 aromatic carbocycles. The molecular formula is C58H67N5O10. The number of carbonyl (C=O) groups excluding carboxylic acids is 4. The van der Waals surface area contributed by atoms with Crippen LogP contribution in [-0.2, 0) is 45.8 Å². The van der Waals surface area contributed by atoms with Crippen molar-refractivity contribution in [2.24, 2.45) is 11.3 Å². The van der Waals surface area contributed by atoms with Crippen LogP contribution in [0.4, 0.5) is 5.69 Å². The Balaban J connectivity index is 1.11. The third kappa shape index (κ3) is 6.86. The monoisotopic (exact) mass is 993 g/mol. The minimum atomic E-state index is -2.34. The molecule has 3 N–H and O–H groups in total. The van der Waals surface area contributed by atoms with E-state index in [9.17, 15) is 19.5 Å². The first-order valence-electron chi connectivity index (χ1n) is 25.8. The number of nitrogens with zero attached hydrogens (tertiary/aromatic N) is 3. The predicted molar refractivity (Wildman–Crippen MR) is 276 cm³/mol. The summed E-state index contributed by atoms with van der Waals surface area (Å²) < 4.78 is 29.8. The molecule has 6 heterocycles. The van der Waals surface area contributed by atoms with Crippen LogP contribution in [0.1, 0.15) is 85.6 Å². The molecule has 5 aliphatic heterocycles. The second kappa shape index (κ2) is 17.6. The molecule has 1 unspecified atom stereocenters. The van der Waals surface area contributed by atoms with Gasteiger partial charge >= 0.3 is 17.9 Å². The number of fused-ring (bicyclic) bond motifs is 7. The number of anilines is 1. The van der Waals surface area contributed by atoms with Crippen LogP contribution in [0.2, 0.25) is 0 Å². The Morgan fingerprint density at radius 2 is 1.62 bits per heavy atom. The number of aromatic amines is 1. The van der Waals surface area contributed by atoms with Crippen LogP contribution in [0.5, 0.6) is 11.5 Å². The number of aromatic nitrogens is 1. The van der Waals surface area contributed by atoms with Gasteiger partial charge in [0, 0.05) is 96.5 Å². The lowest BCUT2D eigenvalue weighted by Gasteiger charge is -2.63. The maximum Gasteiger partial charge on any atom is 0.344 e. The van der Waals surface area contributed by atoms with E-state index in [0.29, 0.717) is 88.1 Å². The van der Waals surface area contributed by atoms with E-state index in [1.807, 2.05) is 79.5 Å². The second-order valence-electron chi connectivity index (χ2n) is 21.6. The van der Waals surface area contributed by atoms with Gasteiger partial charge in [-0.25, -0.2) is 4.79 Å². The summed E-state index contributed by atoms with van der Waals surface area (Å²) in [6.45, 7) is 8.68. The zero-order chi connectivity index (χ0) is 51.4. The van der Waals surface area contributed by atoms with Crippen molar-refractivity contribution in [2.45, 2.75) is 99.5 Å². The molecule has 11 rings (SSSR count). The first-order chi connectivity index (χ1) is 35.1. The summed E-state index contributed by atoms with van der Waals surface area (Å²) >= 11 is 0. The summed E-state index contributed by atoms with van der Waals surface area (Å²) in [5.74, 6) is -1.10. The van der Waals surface area contributed by atoms with Crippen molar-refractivity contribution in [3.63, 3.8) is 0 Å². The molecule has 10 atom stereocenters. The average molecular weight is 994 g/mol. The number of carbonyl (C=O) groups is 4. The van der Waals surface area contributed by atoms with Crippen molar-refractivity contribution < 1.29 is 48.0 Å². The fourth-order valence-electron chi connectivity index (χ4n) is 15.5. The Morgan fingerprint density at radius 1 is 0.849 bits per heavy atom. The number of ether oxygens (including phenoxy) is 5. The number of piperidine rings is 1. The molecule has 1 aromatic heterocycles. The molecule has 3 fully saturated rings. The first-order valence-corrected chi connectivity index (χ1v) is 25.8. The van der Waals surface area contributed by atoms with E-state index in [4.69, 9.17) is 23.7 Å². The minimum Gasteiger partial charge on any atom is -0.497 e. The number of para-hydroxylation sites is 1. The maximum atomic E-state index is 15.8. The van der Waals surface area contributed by atoms with Gasteiger partial charge in [0.05, 0.1) is 40.0 Å². The number of H-pyrrole nitrogens is 1. The molecule has 384 valence electrons. The third-order valence-electron chi connectivity index (χ3n) is 18.3. The fraction of sp³-hybridized carbons (Fsp3) is 0.483. The lowest BCUT2D eigenvalue weighted by molar-refractivity contribution is -0.228. The highest BCUT2D eigenvalue weighted by molar-refractivity contribution is 5.99. The molecule has 1 saturated carbocycles. The summed E-state index contributed by atoms with van der Waals surface area (Å²) in [7, 11) is 7.81. The molecule has 5 aromatic rings. The van der Waals surface area contributed by atoms with Crippen LogP contribution < -0.4 is 19.7 Å². The number of likely N-dealkylation sites (N-methyl/N-ethyl adjacent to an activating group) is 1. The van der Waals surface area contributed by atoms with Crippen LogP contribution in [0, 0.1) is 11.3 Å². The lowest BCUT2D eigenvalue weighted by atomic mass is 9.47. The zero-order valence-corrected chi connectivity index (χ0v) is 43.1. The second-order valence-corrected chi connectivity index (χ2v) is 21.6. The van der Waals surface area contributed by atoms with Gasteiger partial charge in [0.15, 0.2) is 6.10 Å². The van der Waals surface area contributed by atoms with Crippen molar-refractivity contribution in [1.29, 1.82) is 0 Å². The largest absolute Gasteiger partial charge is 0.497 e. The molecule has 15 nitrogen and oxygen atoms in total. The molecule has 2 saturated heterocycles. The number of methoxy groups -OCH3 is 4. The fourth-order valence-corrected chi connectivity index (χ4v) is 15.5. The van der Waals surface area contributed by atoms with Gasteiger partial charge in [-0.1, -0.05) is 56.3 Å². The smallest absolute Gasteiger partial charge is 0.344 e. The zero-order valence-electron chi connectivity index (χ0n) is 43.1. The SMILES string of the molecule is CC[C@]1(NC(=O)c2ccc3cc(OC)ccc3c2)C[C@H]2CN(CCc3c([nH]c4ccccc34)[C@@](C(=O)OC)(c3cc4c(cc3OC)N(C)[C@H]3[C@@](O)(C(=O)OC)[C@H](OC(C)=O)[C@]5(CC)C=CCN6CC[C@]43[C@@H]65)C2)C1. The molecule has 1 aliphatic carbocycles. The summed E-state index contributed by atoms with van der Waals surface area (Å²) in [6, 6.07) is 22.5. The van der Waals surface area contributed by atoms with E-state index < -0.39 is 57.4 Å². The normalized spacial score (nSPS) is 32.0. The van der Waals surface area contributed by atoms with E-state index in [1.54, 1.807) is 14.2 Å². The summed E-state index contributed by atoms with van der Waals surface area (Å²) in [6.07, 6.45) is 5.92. The van der Waals surface area contributed by atoms with E-state index in [2.05, 4.69) is 51.3 Å². The topological polar surface area (TPSA) is 172 Å². The van der Waals surface area contributed by atoms with Gasteiger partial charge in [0.25, 0.3) is 5.91 Å². The van der Waals surface area contributed by atoms with Crippen molar-refractivity contribution in [3.05, 3.63) is 113 Å². The molecule has 15 heteroatoms. The van der Waals surface area contributed by atoms with Crippen LogP contribution in [0.15, 0.2) is 84.9 Å². The molecule has 73 heavy (non-hydrogen) atoms. The highest BCUT2D eigenvalue weighted by atomic mass is 16.6. The average Bonchev–Trinajstić information content (AvgIpc) is 4.07. The third-order valence-corrected chi connectivity index (χ3v) is 18.3. The Morgan fingerprint density at radius 3 is 2.34 bits per heavy atom. The molecule has 6 aliphatic rings. The van der Waals surface area contributed by atoms with Crippen LogP contribution in [-0.4, -0.2) is 141 Å². The summed E-state index contributed by atoms with van der Waals surface area (Å²) in [5, 5.41) is 20.0. The van der Waals surface area contributed by atoms with Crippen molar-refractivity contribution in [2.75, 3.05) is 73.1 Å². The highest BCUT2D eigenvalue weighted by Gasteiger charge is 2.80. The van der Waals surface area contributed by atoms with Crippen LogP contribution in [0.3, 0.4) is 0 Å². The van der Waals surface area contributed by atoms with Crippen molar-refractivity contribution in [3.8, 4) is 11.5 Å². The number of hydrogen-bond donors (Lipinski definition) is 3. The number of nitrogens with one attached hydrogen (secondary N) is 2. The Bertz CT molecular complexity index is 3120. The molecule has 1 amide bonds. The Labute approximate surface area is 426 Å². The van der Waals surface area contributed by atoms with Gasteiger partial charge in [-0.05, 0) is 109 Å². The Hall–Kier alpha value is -6.42. The van der Waals surface area contributed by atoms with Gasteiger partial charge in [-0.2, -0.15) is 0 Å². The van der Waals surface area contributed by atoms with E-state index >= 15 is 4.79 Å². The standard InChI is InChI=1S/C58H67N5O10/c1-9-54(60-48(65)38-17-16-37-27-39(69-5)19-18-36(37)26-38)30-35-31-57(52(66)71-7,47-41(20-24-62(32-35)33-54)40-14-11-12-15-44(40)59-47)43-28-42-45(29-46(43)70-6)61(4)50-56(42)22-25-63-23-13-21-55(10-2,49(56)63)51(73-34(3)64)58(50,68)53(67)72-8/h11-19,21,26-29,35,49-51,59,68H,9-10,20,22-25,30-33H2,1-8H3,(H,60,65)/t35-,49+,50-,51-,54+,55-,56-,57+,58+/m1/s1. The van der Waals surface area contributed by atoms with Crippen molar-refractivity contribution >= 4 is 51.2 Å². The van der Waals surface area contributed by atoms with Crippen LogP contribution >= 0.6 is 0 Å². The lowest BCUT2D eigenvalue weighted by Crippen LogP contribution is -2.81. The molecule has 1 spiro atoms. The van der Waals surface area contributed by atoms with Gasteiger partial charge < -0.3 is 48.9 Å². The number of amides is 1. The van der Waals surface area contributed by atoms with Crippen molar-refractivity contribution in [1.82, 2.24) is 20.1 Å². The number of aliphatic hydroxyl groups is 1. The predicted octanol–water partition coefficient (Wildman–Crippen LogP) is 6.59. The van der Waals surface area contributed by atoms with E-state index in [1.165, 1.54) is 21.1 Å². The molecule has 2 bridgehead atoms. The Kier molecular flexibility index (Phi) is 11.8. The van der Waals surface area contributed by atoms with Gasteiger partial charge in [-0.3, -0.25) is 19.3 Å². The highest BCUT2D eigenvalue weighted by Crippen LogP contribution is 2.68. The summed E-state index contributed by atoms with van der Waals surface area (Å²) in [4.78, 5) is 68.8. The number of rotatable bonds is 10. The summed E-state index contributed by atoms with van der Waals surface area (Å²) in [5.41, 5.74) is -1.11. The van der Waals surface area contributed by atoms with E-state index in [0.717, 1.165) is 49.9 Å². The first kappa shape index (κ1) is 48.8. The van der Waals surface area contributed by atoms with Gasteiger partial charge in [-0.15, -0.1) is 0 Å². The minimum absolute atomic E-state index is 0.150. The number of benzene rings is 4. The number of hydrogen-bond acceptors (Lipinski definition) is 13. The molecule has 0 radical (unpaired) electrons. The van der Waals surface area contributed by atoms with Gasteiger partial charge in [0.2, 0.25) is 5.60 Å². The quantitative estimate of drug-likeness (QED) is 0.0779. The molecular weight excluding hydrogens is 927 g/mol. The maximum absolute atomic E-state index is 15.8. The van der Waals surface area contributed by atoms with Crippen LogP contribution in [0.25, 0.3) is 21.7 Å². The van der Waals surface area contributed by atoms with Gasteiger partial charge in [0.1, 0.15) is 16.9 Å².